The standard InChI is InChI=1S/C15H23N3/c1-10(2)11-6-7-12-13(8-11)18-14(17-12)9-16-15(3,4)5/h6-8,10,16H,9H2,1-5H3,(H,17,18). The van der Waals surface area contributed by atoms with Crippen LogP contribution >= 0.6 is 0 Å². The molecule has 0 spiro atoms. The van der Waals surface area contributed by atoms with Crippen LogP contribution in [0.25, 0.3) is 11.0 Å². The first-order valence-corrected chi connectivity index (χ1v) is 6.59. The van der Waals surface area contributed by atoms with Crippen LogP contribution in [0.3, 0.4) is 0 Å². The number of nitrogens with one attached hydrogen (secondary N) is 2. The molecule has 0 aliphatic heterocycles. The van der Waals surface area contributed by atoms with Crippen LogP contribution in [0.15, 0.2) is 18.2 Å². The Hall–Kier alpha value is -1.35. The zero-order valence-electron chi connectivity index (χ0n) is 12.0. The van der Waals surface area contributed by atoms with Crippen molar-refractivity contribution < 1.29 is 0 Å². The lowest BCUT2D eigenvalue weighted by atomic mass is 10.0. The summed E-state index contributed by atoms with van der Waals surface area (Å²) in [4.78, 5) is 7.99. The fraction of sp³-hybridized carbons (Fsp3) is 0.533. The predicted molar refractivity (Wildman–Crippen MR) is 76.8 cm³/mol. The van der Waals surface area contributed by atoms with Crippen LogP contribution in [0.2, 0.25) is 0 Å². The molecule has 0 aliphatic rings. The first kappa shape index (κ1) is 13.1. The molecule has 1 heterocycles. The Kier molecular flexibility index (Phi) is 3.44. The molecule has 0 unspecified atom stereocenters. The maximum Gasteiger partial charge on any atom is 0.121 e. The summed E-state index contributed by atoms with van der Waals surface area (Å²) in [5.74, 6) is 1.55. The fourth-order valence-electron chi connectivity index (χ4n) is 1.87. The number of nitrogens with zero attached hydrogens (tertiary/aromatic N) is 1. The molecule has 0 radical (unpaired) electrons. The van der Waals surface area contributed by atoms with Crippen molar-refractivity contribution in [1.29, 1.82) is 0 Å². The molecule has 3 nitrogen and oxygen atoms in total. The third-order valence-electron chi connectivity index (χ3n) is 3.01. The predicted octanol–water partition coefficient (Wildman–Crippen LogP) is 3.57. The Bertz CT molecular complexity index is 532. The van der Waals surface area contributed by atoms with Crippen molar-refractivity contribution >= 4 is 11.0 Å². The Morgan fingerprint density at radius 2 is 2.00 bits per heavy atom. The number of hydrogen-bond donors (Lipinski definition) is 2. The van der Waals surface area contributed by atoms with Crippen LogP contribution in [0.4, 0.5) is 0 Å². The summed E-state index contributed by atoms with van der Waals surface area (Å²) >= 11 is 0. The van der Waals surface area contributed by atoms with Gasteiger partial charge in [0.1, 0.15) is 5.82 Å². The van der Waals surface area contributed by atoms with Gasteiger partial charge in [-0.3, -0.25) is 0 Å². The first-order valence-electron chi connectivity index (χ1n) is 6.59. The minimum Gasteiger partial charge on any atom is -0.341 e. The number of imidazole rings is 1. The van der Waals surface area contributed by atoms with E-state index in [-0.39, 0.29) is 5.54 Å². The van der Waals surface area contributed by atoms with Crippen molar-refractivity contribution in [3.05, 3.63) is 29.6 Å². The molecule has 0 atom stereocenters. The second-order valence-corrected chi connectivity index (χ2v) is 6.22. The monoisotopic (exact) mass is 245 g/mol. The molecule has 98 valence electrons. The quantitative estimate of drug-likeness (QED) is 0.868. The van der Waals surface area contributed by atoms with E-state index in [0.717, 1.165) is 23.4 Å². The molecule has 3 heteroatoms. The summed E-state index contributed by atoms with van der Waals surface area (Å²) in [6.07, 6.45) is 0. The second-order valence-electron chi connectivity index (χ2n) is 6.22. The third-order valence-corrected chi connectivity index (χ3v) is 3.01. The molecule has 18 heavy (non-hydrogen) atoms. The van der Waals surface area contributed by atoms with Crippen molar-refractivity contribution in [3.8, 4) is 0 Å². The van der Waals surface area contributed by atoms with Crippen LogP contribution in [0.5, 0.6) is 0 Å². The molecule has 1 aromatic heterocycles. The zero-order valence-corrected chi connectivity index (χ0v) is 12.0. The van der Waals surface area contributed by atoms with E-state index in [0.29, 0.717) is 5.92 Å². The summed E-state index contributed by atoms with van der Waals surface area (Å²) in [5.41, 5.74) is 3.64. The number of hydrogen-bond acceptors (Lipinski definition) is 2. The van der Waals surface area contributed by atoms with E-state index in [4.69, 9.17) is 0 Å². The fourth-order valence-corrected chi connectivity index (χ4v) is 1.87. The molecular weight excluding hydrogens is 222 g/mol. The van der Waals surface area contributed by atoms with Crippen molar-refractivity contribution in [2.24, 2.45) is 0 Å². The molecule has 2 aromatic rings. The average molecular weight is 245 g/mol. The topological polar surface area (TPSA) is 40.7 Å². The highest BCUT2D eigenvalue weighted by molar-refractivity contribution is 5.76. The third kappa shape index (κ3) is 3.10. The van der Waals surface area contributed by atoms with E-state index in [1.807, 2.05) is 0 Å². The second kappa shape index (κ2) is 4.73. The van der Waals surface area contributed by atoms with E-state index in [1.54, 1.807) is 0 Å². The Morgan fingerprint density at radius 1 is 1.28 bits per heavy atom. The van der Waals surface area contributed by atoms with Crippen LogP contribution in [-0.2, 0) is 6.54 Å². The van der Waals surface area contributed by atoms with E-state index in [9.17, 15) is 0 Å². The molecule has 0 bridgehead atoms. The summed E-state index contributed by atoms with van der Waals surface area (Å²) in [7, 11) is 0. The average Bonchev–Trinajstić information content (AvgIpc) is 2.66. The lowest BCUT2D eigenvalue weighted by molar-refractivity contribution is 0.419. The molecule has 1 aromatic carbocycles. The Balaban J connectivity index is 2.22. The molecule has 2 N–H and O–H groups in total. The summed E-state index contributed by atoms with van der Waals surface area (Å²) in [5, 5.41) is 3.44. The lowest BCUT2D eigenvalue weighted by Gasteiger charge is -2.19. The maximum atomic E-state index is 4.60. The van der Waals surface area contributed by atoms with Crippen LogP contribution in [0, 0.1) is 0 Å². The summed E-state index contributed by atoms with van der Waals surface area (Å²) < 4.78 is 0. The molecule has 0 fully saturated rings. The number of rotatable bonds is 3. The van der Waals surface area contributed by atoms with Crippen LogP contribution in [0.1, 0.15) is 51.9 Å². The Labute approximate surface area is 109 Å². The van der Waals surface area contributed by atoms with E-state index >= 15 is 0 Å². The zero-order chi connectivity index (χ0) is 13.3. The summed E-state index contributed by atoms with van der Waals surface area (Å²) in [6.45, 7) is 11.7. The van der Waals surface area contributed by atoms with Crippen LogP contribution < -0.4 is 5.32 Å². The van der Waals surface area contributed by atoms with Crippen LogP contribution in [-0.4, -0.2) is 15.5 Å². The number of aromatic nitrogens is 2. The van der Waals surface area contributed by atoms with E-state index < -0.39 is 0 Å². The van der Waals surface area contributed by atoms with Gasteiger partial charge in [0.2, 0.25) is 0 Å². The molecule has 0 saturated heterocycles. The van der Waals surface area contributed by atoms with Crippen molar-refractivity contribution in [1.82, 2.24) is 15.3 Å². The molecule has 0 aliphatic carbocycles. The molecule has 0 saturated carbocycles. The van der Waals surface area contributed by atoms with Gasteiger partial charge in [0, 0.05) is 5.54 Å². The van der Waals surface area contributed by atoms with Gasteiger partial charge in [-0.15, -0.1) is 0 Å². The van der Waals surface area contributed by atoms with Gasteiger partial charge < -0.3 is 10.3 Å². The Morgan fingerprint density at radius 3 is 2.61 bits per heavy atom. The smallest absolute Gasteiger partial charge is 0.121 e. The van der Waals surface area contributed by atoms with Gasteiger partial charge in [-0.2, -0.15) is 0 Å². The van der Waals surface area contributed by atoms with Gasteiger partial charge in [-0.1, -0.05) is 19.9 Å². The SMILES string of the molecule is CC(C)c1ccc2nc(CNC(C)(C)C)[nH]c2c1. The van der Waals surface area contributed by atoms with Crippen molar-refractivity contribution in [3.63, 3.8) is 0 Å². The summed E-state index contributed by atoms with van der Waals surface area (Å²) in [6, 6.07) is 6.46. The highest BCUT2D eigenvalue weighted by Crippen LogP contribution is 2.20. The van der Waals surface area contributed by atoms with Crippen molar-refractivity contribution in [2.45, 2.75) is 52.6 Å². The van der Waals surface area contributed by atoms with Gasteiger partial charge in [0.05, 0.1) is 17.6 Å². The van der Waals surface area contributed by atoms with Crippen molar-refractivity contribution in [2.75, 3.05) is 0 Å². The number of benzene rings is 1. The molecule has 0 amide bonds. The number of H-pyrrole nitrogens is 1. The largest absolute Gasteiger partial charge is 0.341 e. The van der Waals surface area contributed by atoms with Gasteiger partial charge in [-0.05, 0) is 44.4 Å². The maximum absolute atomic E-state index is 4.60. The lowest BCUT2D eigenvalue weighted by Crippen LogP contribution is -2.35. The first-order chi connectivity index (χ1) is 8.35. The van der Waals surface area contributed by atoms with Gasteiger partial charge in [0.15, 0.2) is 0 Å². The molecular formula is C15H23N3. The minimum atomic E-state index is 0.113. The van der Waals surface area contributed by atoms with E-state index in [1.165, 1.54) is 5.56 Å². The number of aromatic amines is 1. The van der Waals surface area contributed by atoms with Gasteiger partial charge >= 0.3 is 0 Å². The highest BCUT2D eigenvalue weighted by Gasteiger charge is 2.10. The normalized spacial score (nSPS) is 12.6. The molecule has 2 rings (SSSR count). The number of fused-ring (bicyclic) bond motifs is 1. The highest BCUT2D eigenvalue weighted by atomic mass is 15.0. The minimum absolute atomic E-state index is 0.113. The van der Waals surface area contributed by atoms with E-state index in [2.05, 4.69) is 68.1 Å². The van der Waals surface area contributed by atoms with Gasteiger partial charge in [-0.25, -0.2) is 4.98 Å². The van der Waals surface area contributed by atoms with Gasteiger partial charge in [0.25, 0.3) is 0 Å².